The molecule has 20 heavy (non-hydrogen) atoms. The fraction of sp³-hybridized carbons (Fsp3) is 0.833. The zero-order valence-electron chi connectivity index (χ0n) is 11.4. The summed E-state index contributed by atoms with van der Waals surface area (Å²) < 4.78 is 32.8. The molecule has 2 atom stereocenters. The predicted molar refractivity (Wildman–Crippen MR) is 69.7 cm³/mol. The number of methoxy groups -OCH3 is 1. The van der Waals surface area contributed by atoms with E-state index in [2.05, 4.69) is 4.74 Å². The van der Waals surface area contributed by atoms with Crippen molar-refractivity contribution in [1.29, 1.82) is 0 Å². The average molecular weight is 305 g/mol. The maximum Gasteiger partial charge on any atom is 0.308 e. The highest BCUT2D eigenvalue weighted by Crippen LogP contribution is 2.22. The van der Waals surface area contributed by atoms with Gasteiger partial charge in [0.05, 0.1) is 43.7 Å². The maximum absolute atomic E-state index is 12.3. The van der Waals surface area contributed by atoms with E-state index in [-0.39, 0.29) is 35.9 Å². The van der Waals surface area contributed by atoms with Gasteiger partial charge >= 0.3 is 5.97 Å². The highest BCUT2D eigenvalue weighted by Gasteiger charge is 2.37. The van der Waals surface area contributed by atoms with Gasteiger partial charge in [0.2, 0.25) is 5.91 Å². The predicted octanol–water partition coefficient (Wildman–Crippen LogP) is -0.788. The monoisotopic (exact) mass is 305 g/mol. The molecular weight excluding hydrogens is 286 g/mol. The number of morpholine rings is 1. The number of nitrogens with zero attached hydrogens (tertiary/aromatic N) is 1. The second kappa shape index (κ2) is 6.09. The van der Waals surface area contributed by atoms with Crippen LogP contribution in [0.15, 0.2) is 0 Å². The first kappa shape index (κ1) is 15.2. The van der Waals surface area contributed by atoms with Crippen LogP contribution >= 0.6 is 0 Å². The summed E-state index contributed by atoms with van der Waals surface area (Å²) in [5, 5.41) is 0. The molecule has 0 spiro atoms. The second-order valence-corrected chi connectivity index (χ2v) is 7.39. The number of hydrogen-bond donors (Lipinski definition) is 0. The summed E-state index contributed by atoms with van der Waals surface area (Å²) in [6.45, 7) is 1.10. The van der Waals surface area contributed by atoms with E-state index in [1.165, 1.54) is 7.11 Å². The lowest BCUT2D eigenvalue weighted by Gasteiger charge is -2.33. The van der Waals surface area contributed by atoms with Crippen molar-refractivity contribution in [2.24, 2.45) is 5.92 Å². The Morgan fingerprint density at radius 2 is 2.15 bits per heavy atom. The summed E-state index contributed by atoms with van der Waals surface area (Å²) in [5.74, 6) is -0.960. The number of sulfone groups is 1. The number of hydrogen-bond acceptors (Lipinski definition) is 6. The Hall–Kier alpha value is -1.15. The SMILES string of the molecule is COC(=O)CC1CN(C(=O)C2CCS(=O)(=O)C2)CCO1. The van der Waals surface area contributed by atoms with E-state index >= 15 is 0 Å². The van der Waals surface area contributed by atoms with E-state index in [0.29, 0.717) is 26.1 Å². The van der Waals surface area contributed by atoms with Crippen LogP contribution in [-0.4, -0.2) is 69.6 Å². The fourth-order valence-electron chi connectivity index (χ4n) is 2.56. The van der Waals surface area contributed by atoms with Gasteiger partial charge in [-0.3, -0.25) is 9.59 Å². The van der Waals surface area contributed by atoms with E-state index in [0.717, 1.165) is 0 Å². The lowest BCUT2D eigenvalue weighted by molar-refractivity contribution is -0.151. The molecule has 0 aliphatic carbocycles. The number of amides is 1. The summed E-state index contributed by atoms with van der Waals surface area (Å²) >= 11 is 0. The van der Waals surface area contributed by atoms with Crippen LogP contribution in [0.5, 0.6) is 0 Å². The van der Waals surface area contributed by atoms with Crippen LogP contribution in [0.3, 0.4) is 0 Å². The number of carbonyl (C=O) groups is 2. The minimum atomic E-state index is -3.07. The normalized spacial score (nSPS) is 29.1. The molecule has 0 aromatic heterocycles. The molecular formula is C12H19NO6S. The van der Waals surface area contributed by atoms with Gasteiger partial charge in [-0.1, -0.05) is 0 Å². The van der Waals surface area contributed by atoms with Crippen LogP contribution in [0.25, 0.3) is 0 Å². The molecule has 2 saturated heterocycles. The van der Waals surface area contributed by atoms with Crippen molar-refractivity contribution < 1.29 is 27.5 Å². The van der Waals surface area contributed by atoms with E-state index in [4.69, 9.17) is 4.74 Å². The average Bonchev–Trinajstić information content (AvgIpc) is 2.78. The van der Waals surface area contributed by atoms with Gasteiger partial charge in [-0.15, -0.1) is 0 Å². The molecule has 0 aromatic rings. The van der Waals surface area contributed by atoms with Gasteiger partial charge in [0.15, 0.2) is 9.84 Å². The molecule has 2 fully saturated rings. The Bertz CT molecular complexity index is 488. The van der Waals surface area contributed by atoms with Crippen LogP contribution in [0.2, 0.25) is 0 Å². The molecule has 2 rings (SSSR count). The number of esters is 1. The molecule has 1 amide bonds. The Balaban J connectivity index is 1.92. The van der Waals surface area contributed by atoms with Gasteiger partial charge in [-0.05, 0) is 6.42 Å². The first-order chi connectivity index (χ1) is 9.41. The number of rotatable bonds is 3. The van der Waals surface area contributed by atoms with Crippen LogP contribution in [0, 0.1) is 5.92 Å². The van der Waals surface area contributed by atoms with Gasteiger partial charge in [-0.2, -0.15) is 0 Å². The minimum absolute atomic E-state index is 0.0646. The minimum Gasteiger partial charge on any atom is -0.469 e. The van der Waals surface area contributed by atoms with Crippen molar-refractivity contribution in [3.05, 3.63) is 0 Å². The molecule has 7 nitrogen and oxygen atoms in total. The summed E-state index contributed by atoms with van der Waals surface area (Å²) in [6.07, 6.45) is 0.113. The highest BCUT2D eigenvalue weighted by atomic mass is 32.2. The molecule has 0 aromatic carbocycles. The third-order valence-electron chi connectivity index (χ3n) is 3.65. The van der Waals surface area contributed by atoms with E-state index in [9.17, 15) is 18.0 Å². The van der Waals surface area contributed by atoms with E-state index in [1.54, 1.807) is 4.90 Å². The van der Waals surface area contributed by atoms with Gasteiger partial charge in [0.1, 0.15) is 0 Å². The molecule has 2 aliphatic heterocycles. The molecule has 0 N–H and O–H groups in total. The zero-order valence-corrected chi connectivity index (χ0v) is 12.2. The van der Waals surface area contributed by atoms with Crippen molar-refractivity contribution in [3.63, 3.8) is 0 Å². The Kier molecular flexibility index (Phi) is 4.64. The summed E-state index contributed by atoms with van der Waals surface area (Å²) in [6, 6.07) is 0. The lowest BCUT2D eigenvalue weighted by atomic mass is 10.1. The molecule has 2 heterocycles. The van der Waals surface area contributed by atoms with Crippen LogP contribution < -0.4 is 0 Å². The Morgan fingerprint density at radius 1 is 1.40 bits per heavy atom. The van der Waals surface area contributed by atoms with Gasteiger partial charge in [0.25, 0.3) is 0 Å². The van der Waals surface area contributed by atoms with Gasteiger partial charge in [-0.25, -0.2) is 8.42 Å². The quantitative estimate of drug-likeness (QED) is 0.635. The Morgan fingerprint density at radius 3 is 2.75 bits per heavy atom. The third-order valence-corrected chi connectivity index (χ3v) is 5.42. The van der Waals surface area contributed by atoms with Crippen molar-refractivity contribution in [2.75, 3.05) is 38.3 Å². The van der Waals surface area contributed by atoms with Crippen LogP contribution in [0.4, 0.5) is 0 Å². The fourth-order valence-corrected chi connectivity index (χ4v) is 4.29. The van der Waals surface area contributed by atoms with E-state index in [1.807, 2.05) is 0 Å². The van der Waals surface area contributed by atoms with Crippen LogP contribution in [0.1, 0.15) is 12.8 Å². The van der Waals surface area contributed by atoms with Crippen molar-refractivity contribution in [2.45, 2.75) is 18.9 Å². The molecule has 8 heteroatoms. The molecule has 0 saturated carbocycles. The standard InChI is InChI=1S/C12H19NO6S/c1-18-11(14)6-10-7-13(3-4-19-10)12(15)9-2-5-20(16,17)8-9/h9-10H,2-8H2,1H3. The summed E-state index contributed by atoms with van der Waals surface area (Å²) in [5.41, 5.74) is 0. The lowest BCUT2D eigenvalue weighted by Crippen LogP contribution is -2.48. The van der Waals surface area contributed by atoms with Crippen LogP contribution in [-0.2, 0) is 28.9 Å². The van der Waals surface area contributed by atoms with E-state index < -0.39 is 15.8 Å². The zero-order chi connectivity index (χ0) is 14.8. The first-order valence-electron chi connectivity index (χ1n) is 6.59. The smallest absolute Gasteiger partial charge is 0.308 e. The second-order valence-electron chi connectivity index (χ2n) is 5.16. The molecule has 114 valence electrons. The van der Waals surface area contributed by atoms with Crippen molar-refractivity contribution in [3.8, 4) is 0 Å². The highest BCUT2D eigenvalue weighted by molar-refractivity contribution is 7.91. The van der Waals surface area contributed by atoms with Gasteiger partial charge < -0.3 is 14.4 Å². The summed E-state index contributed by atoms with van der Waals surface area (Å²) in [7, 11) is -1.77. The van der Waals surface area contributed by atoms with Crippen molar-refractivity contribution in [1.82, 2.24) is 4.90 Å². The topological polar surface area (TPSA) is 90.0 Å². The molecule has 0 bridgehead atoms. The number of ether oxygens (including phenoxy) is 2. The Labute approximate surface area is 118 Å². The summed E-state index contributed by atoms with van der Waals surface area (Å²) in [4.78, 5) is 25.1. The molecule has 2 unspecified atom stereocenters. The number of carbonyl (C=O) groups excluding carboxylic acids is 2. The maximum atomic E-state index is 12.3. The first-order valence-corrected chi connectivity index (χ1v) is 8.41. The third kappa shape index (κ3) is 3.69. The molecule has 0 radical (unpaired) electrons. The van der Waals surface area contributed by atoms with Crippen molar-refractivity contribution >= 4 is 21.7 Å². The molecule has 2 aliphatic rings. The largest absolute Gasteiger partial charge is 0.469 e. The van der Waals surface area contributed by atoms with Gasteiger partial charge in [0, 0.05) is 13.1 Å².